The summed E-state index contributed by atoms with van der Waals surface area (Å²) >= 11 is 3.32. The average molecular weight is 468 g/mol. The first kappa shape index (κ1) is 19.6. The molecule has 0 spiro atoms. The van der Waals surface area contributed by atoms with Crippen molar-refractivity contribution in [2.24, 2.45) is 5.10 Å². The van der Waals surface area contributed by atoms with Gasteiger partial charge in [0.2, 0.25) is 5.43 Å². The van der Waals surface area contributed by atoms with Crippen LogP contribution in [0.5, 0.6) is 5.75 Å². The number of rotatable bonds is 6. The summed E-state index contributed by atoms with van der Waals surface area (Å²) in [4.78, 5) is 24.5. The van der Waals surface area contributed by atoms with E-state index in [1.807, 2.05) is 6.07 Å². The molecular formula is C21H14BrN3O5. The molecule has 0 atom stereocenters. The molecule has 0 bridgehead atoms. The number of nitrogens with one attached hydrogen (secondary N) is 1. The van der Waals surface area contributed by atoms with Crippen molar-refractivity contribution in [1.82, 2.24) is 10.6 Å². The highest BCUT2D eigenvalue weighted by molar-refractivity contribution is 9.10. The zero-order valence-corrected chi connectivity index (χ0v) is 17.0. The van der Waals surface area contributed by atoms with E-state index in [0.717, 1.165) is 4.47 Å². The zero-order chi connectivity index (χ0) is 20.9. The zero-order valence-electron chi connectivity index (χ0n) is 15.4. The Labute approximate surface area is 178 Å². The molecule has 4 rings (SSSR count). The van der Waals surface area contributed by atoms with Gasteiger partial charge in [0.05, 0.1) is 28.9 Å². The molecule has 0 unspecified atom stereocenters. The lowest BCUT2D eigenvalue weighted by Gasteiger charge is -2.08. The number of halogens is 1. The second-order valence-corrected chi connectivity index (χ2v) is 7.03. The Morgan fingerprint density at radius 2 is 2.10 bits per heavy atom. The second-order valence-electron chi connectivity index (χ2n) is 6.12. The van der Waals surface area contributed by atoms with Crippen LogP contribution in [0.2, 0.25) is 0 Å². The van der Waals surface area contributed by atoms with Crippen LogP contribution in [0.25, 0.3) is 22.3 Å². The van der Waals surface area contributed by atoms with Gasteiger partial charge in [-0.05, 0) is 30.3 Å². The molecule has 0 saturated heterocycles. The van der Waals surface area contributed by atoms with Crippen LogP contribution >= 0.6 is 15.9 Å². The molecule has 0 aliphatic carbocycles. The van der Waals surface area contributed by atoms with Crippen molar-refractivity contribution in [3.8, 4) is 17.1 Å². The van der Waals surface area contributed by atoms with Crippen molar-refractivity contribution >= 4 is 39.0 Å². The number of carbonyl (C=O) groups is 1. The van der Waals surface area contributed by atoms with E-state index in [2.05, 4.69) is 31.6 Å². The summed E-state index contributed by atoms with van der Waals surface area (Å²) in [5.41, 5.74) is 3.41. The second kappa shape index (κ2) is 8.75. The third-order valence-corrected chi connectivity index (χ3v) is 4.60. The number of amides is 1. The van der Waals surface area contributed by atoms with Gasteiger partial charge < -0.3 is 13.7 Å². The van der Waals surface area contributed by atoms with Gasteiger partial charge >= 0.3 is 0 Å². The summed E-state index contributed by atoms with van der Waals surface area (Å²) in [6.07, 6.45) is 4.04. The third-order valence-electron chi connectivity index (χ3n) is 4.10. The number of benzene rings is 2. The first-order valence-corrected chi connectivity index (χ1v) is 9.57. The first-order valence-electron chi connectivity index (χ1n) is 8.77. The van der Waals surface area contributed by atoms with Crippen molar-refractivity contribution in [3.63, 3.8) is 0 Å². The van der Waals surface area contributed by atoms with E-state index < -0.39 is 5.91 Å². The van der Waals surface area contributed by atoms with Gasteiger partial charge in [-0.3, -0.25) is 9.59 Å². The molecule has 0 aliphatic heterocycles. The highest BCUT2D eigenvalue weighted by Gasteiger charge is 2.11. The molecule has 2 heterocycles. The van der Waals surface area contributed by atoms with Gasteiger partial charge in [0.1, 0.15) is 17.6 Å². The van der Waals surface area contributed by atoms with Crippen LogP contribution in [-0.4, -0.2) is 23.9 Å². The summed E-state index contributed by atoms with van der Waals surface area (Å²) in [6.45, 7) is -0.276. The molecule has 9 heteroatoms. The van der Waals surface area contributed by atoms with Gasteiger partial charge in [0.15, 0.2) is 12.4 Å². The van der Waals surface area contributed by atoms with Crippen LogP contribution in [0.3, 0.4) is 0 Å². The van der Waals surface area contributed by atoms with E-state index in [9.17, 15) is 9.59 Å². The molecule has 0 fully saturated rings. The van der Waals surface area contributed by atoms with Gasteiger partial charge in [0, 0.05) is 10.5 Å². The van der Waals surface area contributed by atoms with Gasteiger partial charge in [-0.1, -0.05) is 33.2 Å². The standard InChI is InChI=1S/C21H14BrN3O5/c22-14-5-6-18-16(9-14)21(27)13(11-28-18)10-23-25-20(26)12-29-17-4-2-1-3-15(17)19-7-8-24-30-19/h1-11H,12H2,(H,25,26)/b23-10+. The predicted octanol–water partition coefficient (Wildman–Crippen LogP) is 3.74. The Hall–Kier alpha value is -3.72. The van der Waals surface area contributed by atoms with Crippen LogP contribution in [-0.2, 0) is 4.79 Å². The molecular weight excluding hydrogens is 454 g/mol. The predicted molar refractivity (Wildman–Crippen MR) is 113 cm³/mol. The smallest absolute Gasteiger partial charge is 0.277 e. The lowest BCUT2D eigenvalue weighted by molar-refractivity contribution is -0.123. The SMILES string of the molecule is O=C(COc1ccccc1-c1ccno1)N/N=C/c1coc2ccc(Br)cc2c1=O. The number of aromatic nitrogens is 1. The fraction of sp³-hybridized carbons (Fsp3) is 0.0476. The van der Waals surface area contributed by atoms with Crippen LogP contribution in [0.15, 0.2) is 84.3 Å². The fourth-order valence-corrected chi connectivity index (χ4v) is 3.07. The molecule has 0 saturated carbocycles. The van der Waals surface area contributed by atoms with Crippen LogP contribution < -0.4 is 15.6 Å². The van der Waals surface area contributed by atoms with E-state index in [1.165, 1.54) is 18.7 Å². The average Bonchev–Trinajstić information content (AvgIpc) is 3.29. The van der Waals surface area contributed by atoms with E-state index in [1.54, 1.807) is 42.5 Å². The topological polar surface area (TPSA) is 107 Å². The number of fused-ring (bicyclic) bond motifs is 1. The lowest BCUT2D eigenvalue weighted by Crippen LogP contribution is -2.25. The lowest BCUT2D eigenvalue weighted by atomic mass is 10.1. The van der Waals surface area contributed by atoms with Gasteiger partial charge in [-0.25, -0.2) is 5.43 Å². The van der Waals surface area contributed by atoms with Gasteiger partial charge in [0.25, 0.3) is 5.91 Å². The number of ether oxygens (including phenoxy) is 1. The number of para-hydroxylation sites is 1. The highest BCUT2D eigenvalue weighted by Crippen LogP contribution is 2.29. The Kier molecular flexibility index (Phi) is 5.71. The monoisotopic (exact) mass is 467 g/mol. The first-order chi connectivity index (χ1) is 14.6. The van der Waals surface area contributed by atoms with Crippen molar-refractivity contribution in [2.75, 3.05) is 6.61 Å². The normalized spacial score (nSPS) is 11.1. The summed E-state index contributed by atoms with van der Waals surface area (Å²) in [5.74, 6) is 0.499. The molecule has 150 valence electrons. The Morgan fingerprint density at radius 1 is 1.23 bits per heavy atom. The largest absolute Gasteiger partial charge is 0.483 e. The van der Waals surface area contributed by atoms with Crippen LogP contribution in [0, 0.1) is 0 Å². The molecule has 8 nitrogen and oxygen atoms in total. The molecule has 2 aromatic carbocycles. The van der Waals surface area contributed by atoms with Crippen molar-refractivity contribution in [3.05, 3.63) is 81.3 Å². The van der Waals surface area contributed by atoms with Gasteiger partial charge in [-0.2, -0.15) is 5.10 Å². The van der Waals surface area contributed by atoms with E-state index >= 15 is 0 Å². The number of hydrogen-bond acceptors (Lipinski definition) is 7. The molecule has 0 radical (unpaired) electrons. The Morgan fingerprint density at radius 3 is 2.93 bits per heavy atom. The third kappa shape index (κ3) is 4.31. The van der Waals surface area contributed by atoms with Gasteiger partial charge in [-0.15, -0.1) is 0 Å². The minimum Gasteiger partial charge on any atom is -0.483 e. The van der Waals surface area contributed by atoms with E-state index in [-0.39, 0.29) is 17.6 Å². The fourth-order valence-electron chi connectivity index (χ4n) is 2.71. The maximum Gasteiger partial charge on any atom is 0.277 e. The van der Waals surface area contributed by atoms with Crippen LogP contribution in [0.1, 0.15) is 5.56 Å². The molecule has 30 heavy (non-hydrogen) atoms. The highest BCUT2D eigenvalue weighted by atomic mass is 79.9. The summed E-state index contributed by atoms with van der Waals surface area (Å²) < 4.78 is 16.9. The van der Waals surface area contributed by atoms with E-state index in [4.69, 9.17) is 13.7 Å². The maximum atomic E-state index is 12.5. The van der Waals surface area contributed by atoms with Crippen LogP contribution in [0.4, 0.5) is 0 Å². The Balaban J connectivity index is 1.40. The number of nitrogens with zero attached hydrogens (tertiary/aromatic N) is 2. The molecule has 0 aliphatic rings. The van der Waals surface area contributed by atoms with Crippen molar-refractivity contribution in [1.29, 1.82) is 0 Å². The minimum absolute atomic E-state index is 0.206. The Bertz CT molecular complexity index is 1280. The summed E-state index contributed by atoms with van der Waals surface area (Å²) in [7, 11) is 0. The summed E-state index contributed by atoms with van der Waals surface area (Å²) in [5, 5.41) is 7.89. The molecule has 2 aromatic heterocycles. The molecule has 4 aromatic rings. The van der Waals surface area contributed by atoms with E-state index in [0.29, 0.717) is 28.0 Å². The minimum atomic E-state index is -0.494. The molecule has 1 amide bonds. The van der Waals surface area contributed by atoms with Crippen molar-refractivity contribution in [2.45, 2.75) is 0 Å². The number of hydrazone groups is 1. The number of hydrogen-bond donors (Lipinski definition) is 1. The molecule has 1 N–H and O–H groups in total. The number of carbonyl (C=O) groups excluding carboxylic acids is 1. The maximum absolute atomic E-state index is 12.5. The summed E-state index contributed by atoms with van der Waals surface area (Å²) in [6, 6.07) is 13.9. The quantitative estimate of drug-likeness (QED) is 0.341. The van der Waals surface area contributed by atoms with Crippen molar-refractivity contribution < 1.29 is 18.5 Å².